The van der Waals surface area contributed by atoms with Gasteiger partial charge in [0, 0.05) is 11.6 Å². The molecule has 0 aliphatic heterocycles. The minimum Gasteiger partial charge on any atom is -0.364 e. The van der Waals surface area contributed by atoms with Gasteiger partial charge in [-0.3, -0.25) is 4.57 Å². The zero-order valence-electron chi connectivity index (χ0n) is 19.2. The topological polar surface area (TPSA) is 56.7 Å². The number of fused-ring (bicyclic) bond motifs is 2. The maximum absolute atomic E-state index is 5.11. The van der Waals surface area contributed by atoms with E-state index in [-0.39, 0.29) is 0 Å². The zero-order valence-corrected chi connectivity index (χ0v) is 19.2. The number of rotatable bonds is 4. The van der Waals surface area contributed by atoms with E-state index in [1.54, 1.807) is 18.7 Å². The highest BCUT2D eigenvalue weighted by molar-refractivity contribution is 6.01. The van der Waals surface area contributed by atoms with Gasteiger partial charge in [-0.2, -0.15) is 0 Å². The molecule has 0 saturated heterocycles. The molecule has 170 valence electrons. The Morgan fingerprint density at radius 1 is 0.611 bits per heavy atom. The van der Waals surface area contributed by atoms with Crippen LogP contribution in [0.1, 0.15) is 0 Å². The van der Waals surface area contributed by atoms with Gasteiger partial charge in [-0.1, -0.05) is 102 Å². The molecule has 0 radical (unpaired) electrons. The van der Waals surface area contributed by atoms with E-state index in [0.29, 0.717) is 11.5 Å². The smallest absolute Gasteiger partial charge is 0.190 e. The van der Waals surface area contributed by atoms with Crippen LogP contribution in [0.15, 0.2) is 126 Å². The van der Waals surface area contributed by atoms with E-state index in [4.69, 9.17) is 4.52 Å². The SMILES string of the molecule is c1ccc2c(-c3ccc(-c4cccc5ccccc45)c(-n4cnnc4-c4ccon4)c3)cccc2c1. The van der Waals surface area contributed by atoms with Gasteiger partial charge in [0.05, 0.1) is 5.69 Å². The van der Waals surface area contributed by atoms with Crippen LogP contribution in [0.2, 0.25) is 0 Å². The molecular formula is C31H20N4O. The van der Waals surface area contributed by atoms with Crippen LogP contribution >= 0.6 is 0 Å². The summed E-state index contributed by atoms with van der Waals surface area (Å²) >= 11 is 0. The minimum atomic E-state index is 0.625. The predicted molar refractivity (Wildman–Crippen MR) is 143 cm³/mol. The van der Waals surface area contributed by atoms with Crippen molar-refractivity contribution in [2.75, 3.05) is 0 Å². The monoisotopic (exact) mass is 464 g/mol. The van der Waals surface area contributed by atoms with Crippen LogP contribution in [-0.4, -0.2) is 19.9 Å². The molecule has 0 spiro atoms. The lowest BCUT2D eigenvalue weighted by Crippen LogP contribution is -2.00. The van der Waals surface area contributed by atoms with E-state index in [1.165, 1.54) is 27.1 Å². The van der Waals surface area contributed by atoms with Gasteiger partial charge in [-0.05, 0) is 44.3 Å². The molecule has 0 aliphatic rings. The predicted octanol–water partition coefficient (Wildman–Crippen LogP) is 7.56. The molecule has 7 aromatic rings. The van der Waals surface area contributed by atoms with Crippen molar-refractivity contribution in [1.29, 1.82) is 0 Å². The Morgan fingerprint density at radius 2 is 1.31 bits per heavy atom. The molecule has 0 saturated carbocycles. The summed E-state index contributed by atoms with van der Waals surface area (Å²) in [6, 6.07) is 38.2. The van der Waals surface area contributed by atoms with Crippen molar-refractivity contribution in [2.45, 2.75) is 0 Å². The Kier molecular flexibility index (Phi) is 4.71. The summed E-state index contributed by atoms with van der Waals surface area (Å²) < 4.78 is 7.10. The number of nitrogens with zero attached hydrogens (tertiary/aromatic N) is 4. The second kappa shape index (κ2) is 8.32. The Labute approximate surface area is 207 Å². The van der Waals surface area contributed by atoms with E-state index >= 15 is 0 Å². The van der Waals surface area contributed by atoms with Crippen molar-refractivity contribution in [2.24, 2.45) is 0 Å². The van der Waals surface area contributed by atoms with E-state index in [0.717, 1.165) is 22.4 Å². The Morgan fingerprint density at radius 3 is 2.06 bits per heavy atom. The summed E-state index contributed by atoms with van der Waals surface area (Å²) in [5.74, 6) is 0.625. The molecule has 0 fully saturated rings. The minimum absolute atomic E-state index is 0.625. The van der Waals surface area contributed by atoms with Gasteiger partial charge in [0.15, 0.2) is 11.5 Å². The summed E-state index contributed by atoms with van der Waals surface area (Å²) in [7, 11) is 0. The maximum Gasteiger partial charge on any atom is 0.190 e. The van der Waals surface area contributed by atoms with Crippen molar-refractivity contribution in [1.82, 2.24) is 19.9 Å². The second-order valence-corrected chi connectivity index (χ2v) is 8.69. The number of hydrogen-bond donors (Lipinski definition) is 0. The molecule has 7 rings (SSSR count). The molecule has 5 aromatic carbocycles. The third kappa shape index (κ3) is 3.29. The van der Waals surface area contributed by atoms with Gasteiger partial charge < -0.3 is 4.52 Å². The van der Waals surface area contributed by atoms with Crippen LogP contribution in [0.5, 0.6) is 0 Å². The fourth-order valence-corrected chi connectivity index (χ4v) is 4.98. The van der Waals surface area contributed by atoms with E-state index in [9.17, 15) is 0 Å². The highest BCUT2D eigenvalue weighted by Crippen LogP contribution is 2.38. The largest absolute Gasteiger partial charge is 0.364 e. The molecule has 5 nitrogen and oxygen atoms in total. The van der Waals surface area contributed by atoms with Crippen LogP contribution in [0, 0.1) is 0 Å². The van der Waals surface area contributed by atoms with Crippen LogP contribution in [0.4, 0.5) is 0 Å². The van der Waals surface area contributed by atoms with Gasteiger partial charge in [0.1, 0.15) is 12.6 Å². The highest BCUT2D eigenvalue weighted by atomic mass is 16.5. The standard InChI is InChI=1S/C31H20N4O/c1-3-11-24-21(7-1)9-5-13-26(24)23-15-16-28(27-14-6-10-22-8-2-4-12-25(22)27)30(19-23)35-20-32-33-31(35)29-17-18-36-34-29/h1-20H. The van der Waals surface area contributed by atoms with E-state index in [2.05, 4.69) is 118 Å². The van der Waals surface area contributed by atoms with Crippen molar-refractivity contribution in [3.63, 3.8) is 0 Å². The van der Waals surface area contributed by atoms with Crippen molar-refractivity contribution in [3.8, 4) is 39.5 Å². The normalized spacial score (nSPS) is 11.3. The molecule has 0 unspecified atom stereocenters. The third-order valence-electron chi connectivity index (χ3n) is 6.65. The molecule has 0 atom stereocenters. The Hall–Kier alpha value is -5.03. The summed E-state index contributed by atoms with van der Waals surface area (Å²) in [6.45, 7) is 0. The first kappa shape index (κ1) is 20.4. The van der Waals surface area contributed by atoms with Crippen LogP contribution < -0.4 is 0 Å². The molecule has 0 bridgehead atoms. The van der Waals surface area contributed by atoms with Crippen LogP contribution in [0.25, 0.3) is 61.0 Å². The molecule has 36 heavy (non-hydrogen) atoms. The average Bonchev–Trinajstić information content (AvgIpc) is 3.65. The lowest BCUT2D eigenvalue weighted by Gasteiger charge is -2.16. The second-order valence-electron chi connectivity index (χ2n) is 8.69. The lowest BCUT2D eigenvalue weighted by molar-refractivity contribution is 0.421. The molecule has 2 heterocycles. The van der Waals surface area contributed by atoms with E-state index < -0.39 is 0 Å². The summed E-state index contributed by atoms with van der Waals surface area (Å²) in [4.78, 5) is 0. The Balaban J connectivity index is 1.52. The number of hydrogen-bond acceptors (Lipinski definition) is 4. The van der Waals surface area contributed by atoms with Crippen molar-refractivity contribution in [3.05, 3.63) is 122 Å². The molecule has 0 aliphatic carbocycles. The van der Waals surface area contributed by atoms with Gasteiger partial charge >= 0.3 is 0 Å². The zero-order chi connectivity index (χ0) is 23.9. The summed E-state index contributed by atoms with van der Waals surface area (Å²) in [6.07, 6.45) is 3.29. The van der Waals surface area contributed by atoms with Crippen molar-refractivity contribution < 1.29 is 4.52 Å². The number of aromatic nitrogens is 4. The quantitative estimate of drug-likeness (QED) is 0.270. The first-order chi connectivity index (χ1) is 17.9. The Bertz CT molecular complexity index is 1840. The lowest BCUT2D eigenvalue weighted by atomic mass is 9.92. The highest BCUT2D eigenvalue weighted by Gasteiger charge is 2.18. The van der Waals surface area contributed by atoms with Gasteiger partial charge in [-0.15, -0.1) is 10.2 Å². The van der Waals surface area contributed by atoms with Gasteiger partial charge in [0.25, 0.3) is 0 Å². The summed E-state index contributed by atoms with van der Waals surface area (Å²) in [5.41, 5.74) is 6.12. The van der Waals surface area contributed by atoms with Gasteiger partial charge in [-0.25, -0.2) is 0 Å². The van der Waals surface area contributed by atoms with Crippen LogP contribution in [-0.2, 0) is 0 Å². The summed E-state index contributed by atoms with van der Waals surface area (Å²) in [5, 5.41) is 17.5. The third-order valence-corrected chi connectivity index (χ3v) is 6.65. The fourth-order valence-electron chi connectivity index (χ4n) is 4.98. The first-order valence-electron chi connectivity index (χ1n) is 11.8. The molecule has 0 N–H and O–H groups in total. The average molecular weight is 465 g/mol. The van der Waals surface area contributed by atoms with Crippen LogP contribution in [0.3, 0.4) is 0 Å². The molecule has 2 aromatic heterocycles. The van der Waals surface area contributed by atoms with E-state index in [1.807, 2.05) is 4.57 Å². The molecule has 0 amide bonds. The first-order valence-corrected chi connectivity index (χ1v) is 11.8. The maximum atomic E-state index is 5.11. The fraction of sp³-hybridized carbons (Fsp3) is 0. The van der Waals surface area contributed by atoms with Crippen molar-refractivity contribution >= 4 is 21.5 Å². The number of benzene rings is 5. The van der Waals surface area contributed by atoms with Gasteiger partial charge in [0.2, 0.25) is 0 Å². The molecular weight excluding hydrogens is 444 g/mol. The molecule has 5 heteroatoms.